The average molecular weight is 877 g/mol. The Morgan fingerprint density at radius 2 is 1.12 bits per heavy atom. The summed E-state index contributed by atoms with van der Waals surface area (Å²) in [5, 5.41) is 22.9. The van der Waals surface area contributed by atoms with Gasteiger partial charge >= 0.3 is 0 Å². The zero-order valence-electron chi connectivity index (χ0n) is 37.3. The molecule has 6 heteroatoms. The van der Waals surface area contributed by atoms with E-state index < -0.39 is 0 Å². The van der Waals surface area contributed by atoms with Crippen molar-refractivity contribution in [3.05, 3.63) is 274 Å². The molecule has 1 aromatic heterocycles. The van der Waals surface area contributed by atoms with Crippen LogP contribution in [0.15, 0.2) is 224 Å². The van der Waals surface area contributed by atoms with Crippen LogP contribution in [0.5, 0.6) is 0 Å². The Labute approximate surface area is 396 Å². The molecule has 5 N–H and O–H groups in total. The molecule has 13 rings (SSSR count). The second kappa shape index (κ2) is 16.8. The summed E-state index contributed by atoms with van der Waals surface area (Å²) in [5.41, 5.74) is 18.4. The van der Waals surface area contributed by atoms with E-state index in [1.807, 2.05) is 0 Å². The number of aromatic nitrogens is 1. The number of allylic oxidation sites excluding steroid dienone is 4. The zero-order valence-corrected chi connectivity index (χ0v) is 37.3. The molecule has 0 bridgehead atoms. The van der Waals surface area contributed by atoms with E-state index in [4.69, 9.17) is 4.98 Å². The fourth-order valence-electron chi connectivity index (χ4n) is 10.5. The van der Waals surface area contributed by atoms with Crippen LogP contribution in [0, 0.1) is 0 Å². The minimum absolute atomic E-state index is 0.00599. The summed E-state index contributed by atoms with van der Waals surface area (Å²) in [6.07, 6.45) is 22.5. The summed E-state index contributed by atoms with van der Waals surface area (Å²) < 4.78 is 0. The Morgan fingerprint density at radius 3 is 1.90 bits per heavy atom. The molecule has 0 amide bonds. The van der Waals surface area contributed by atoms with Gasteiger partial charge in [0.2, 0.25) is 0 Å². The molecule has 5 aliphatic rings. The van der Waals surface area contributed by atoms with Gasteiger partial charge in [-0.15, -0.1) is 0 Å². The summed E-state index contributed by atoms with van der Waals surface area (Å²) in [6, 6.07) is 60.8. The molecule has 8 aromatic rings. The van der Waals surface area contributed by atoms with Crippen molar-refractivity contribution in [1.82, 2.24) is 20.9 Å². The molecule has 0 fully saturated rings. The fourth-order valence-corrected chi connectivity index (χ4v) is 10.5. The van der Waals surface area contributed by atoms with E-state index >= 15 is 0 Å². The minimum Gasteiger partial charge on any atom is -0.374 e. The molecule has 1 aliphatic carbocycles. The third-order valence-electron chi connectivity index (χ3n) is 14.0. The van der Waals surface area contributed by atoms with Gasteiger partial charge in [-0.3, -0.25) is 5.32 Å². The minimum atomic E-state index is -0.186. The molecule has 5 heterocycles. The Kier molecular flexibility index (Phi) is 9.83. The normalized spacial score (nSPS) is 21.1. The summed E-state index contributed by atoms with van der Waals surface area (Å²) in [4.78, 5) is 5.30. The number of hydrogen-bond acceptors (Lipinski definition) is 6. The van der Waals surface area contributed by atoms with Gasteiger partial charge in [0.25, 0.3) is 0 Å². The highest BCUT2D eigenvalue weighted by Crippen LogP contribution is 2.44. The molecular weight excluding hydrogens is 829 g/mol. The third-order valence-corrected chi connectivity index (χ3v) is 14.0. The van der Waals surface area contributed by atoms with Gasteiger partial charge in [-0.2, -0.15) is 0 Å². The van der Waals surface area contributed by atoms with E-state index in [0.29, 0.717) is 0 Å². The highest BCUT2D eigenvalue weighted by Gasteiger charge is 2.28. The van der Waals surface area contributed by atoms with Crippen LogP contribution in [0.2, 0.25) is 0 Å². The van der Waals surface area contributed by atoms with Gasteiger partial charge in [0, 0.05) is 16.8 Å². The van der Waals surface area contributed by atoms with E-state index in [1.54, 1.807) is 0 Å². The first-order chi connectivity index (χ1) is 33.6. The number of benzene rings is 7. The lowest BCUT2D eigenvalue weighted by atomic mass is 9.86. The SMILES string of the molecule is C1=CC2=CC=C(c3ccc4ccc(C5NC(c6ccccc6)=CC(c6ccccc6)N5)nc4c3)NC2C=C1c1ccc(C2C=Cc3ccc4c(c3N2)NC(c2ccccc2)C=C4)c2ccccc12. The maximum atomic E-state index is 5.30. The maximum absolute atomic E-state index is 5.30. The van der Waals surface area contributed by atoms with Crippen molar-refractivity contribution < 1.29 is 0 Å². The van der Waals surface area contributed by atoms with Gasteiger partial charge in [-0.25, -0.2) is 4.98 Å². The molecule has 7 aromatic carbocycles. The highest BCUT2D eigenvalue weighted by molar-refractivity contribution is 6.00. The van der Waals surface area contributed by atoms with Gasteiger partial charge in [0.15, 0.2) is 0 Å². The van der Waals surface area contributed by atoms with Crippen molar-refractivity contribution in [3.63, 3.8) is 0 Å². The molecule has 5 unspecified atom stereocenters. The van der Waals surface area contributed by atoms with E-state index in [-0.39, 0.29) is 30.3 Å². The average Bonchev–Trinajstić information content (AvgIpc) is 3.42. The van der Waals surface area contributed by atoms with Crippen LogP contribution in [-0.2, 0) is 0 Å². The number of nitrogens with zero attached hydrogens (tertiary/aromatic N) is 1. The van der Waals surface area contributed by atoms with Crippen LogP contribution < -0.4 is 26.6 Å². The number of fused-ring (bicyclic) bond motifs is 6. The van der Waals surface area contributed by atoms with E-state index in [9.17, 15) is 0 Å². The van der Waals surface area contributed by atoms with E-state index in [2.05, 4.69) is 257 Å². The van der Waals surface area contributed by atoms with Gasteiger partial charge < -0.3 is 21.3 Å². The second-order valence-corrected chi connectivity index (χ2v) is 18.2. The Morgan fingerprint density at radius 1 is 0.441 bits per heavy atom. The first-order valence-electron chi connectivity index (χ1n) is 23.6. The monoisotopic (exact) mass is 876 g/mol. The topological polar surface area (TPSA) is 73.0 Å². The van der Waals surface area contributed by atoms with Crippen molar-refractivity contribution in [2.24, 2.45) is 0 Å². The Hall–Kier alpha value is -8.45. The lowest BCUT2D eigenvalue weighted by Gasteiger charge is -2.32. The molecule has 0 spiro atoms. The van der Waals surface area contributed by atoms with Gasteiger partial charge in [-0.1, -0.05) is 206 Å². The van der Waals surface area contributed by atoms with Gasteiger partial charge in [0.05, 0.1) is 46.8 Å². The van der Waals surface area contributed by atoms with Crippen molar-refractivity contribution in [1.29, 1.82) is 0 Å². The fraction of sp³-hybridized carbons (Fsp3) is 0.0806. The van der Waals surface area contributed by atoms with Gasteiger partial charge in [-0.05, 0) is 90.7 Å². The predicted octanol–water partition coefficient (Wildman–Crippen LogP) is 13.6. The van der Waals surface area contributed by atoms with Crippen LogP contribution in [0.25, 0.3) is 50.8 Å². The quantitative estimate of drug-likeness (QED) is 0.110. The molecule has 0 radical (unpaired) electrons. The van der Waals surface area contributed by atoms with Crippen LogP contribution in [0.4, 0.5) is 11.4 Å². The molecule has 4 aliphatic heterocycles. The van der Waals surface area contributed by atoms with Crippen LogP contribution in [0.1, 0.15) is 74.5 Å². The van der Waals surface area contributed by atoms with Crippen LogP contribution in [-0.4, -0.2) is 11.0 Å². The largest absolute Gasteiger partial charge is 0.374 e. The standard InChI is InChI=1S/C62H48N6/c1-4-12-39(13-5-1)52-33-28-44-22-23-45-29-34-54(66-61(45)60(44)65-52)51-31-30-48(49-18-10-11-19-50(49)51)46-24-20-42-26-32-53(63-56(42)36-46)47-25-21-43-27-35-55(64-57(43)37-47)62-67-58(40-14-6-2-7-15-40)38-59(68-62)41-16-8-3-9-17-41/h1-38,52,54,56,58,62-63,65-68H. The molecule has 0 saturated carbocycles. The number of anilines is 2. The Bertz CT molecular complexity index is 3510. The van der Waals surface area contributed by atoms with Crippen LogP contribution in [0.3, 0.4) is 0 Å². The summed E-state index contributed by atoms with van der Waals surface area (Å²) in [5.74, 6) is 0. The molecule has 5 atom stereocenters. The lowest BCUT2D eigenvalue weighted by Crippen LogP contribution is -2.40. The van der Waals surface area contributed by atoms with E-state index in [1.165, 1.54) is 55.3 Å². The summed E-state index contributed by atoms with van der Waals surface area (Å²) in [6.45, 7) is 0. The Balaban J connectivity index is 0.764. The molecule has 68 heavy (non-hydrogen) atoms. The second-order valence-electron chi connectivity index (χ2n) is 18.2. The zero-order chi connectivity index (χ0) is 45.0. The number of pyridine rings is 1. The van der Waals surface area contributed by atoms with Crippen molar-refractivity contribution in [2.45, 2.75) is 30.3 Å². The molecule has 326 valence electrons. The predicted molar refractivity (Wildman–Crippen MR) is 282 cm³/mol. The van der Waals surface area contributed by atoms with Crippen molar-refractivity contribution in [2.75, 3.05) is 10.6 Å². The summed E-state index contributed by atoms with van der Waals surface area (Å²) in [7, 11) is 0. The van der Waals surface area contributed by atoms with Gasteiger partial charge in [0.1, 0.15) is 6.17 Å². The first kappa shape index (κ1) is 39.9. The lowest BCUT2D eigenvalue weighted by molar-refractivity contribution is 0.435. The first-order valence-corrected chi connectivity index (χ1v) is 23.6. The number of dihydropyridines is 1. The molecule has 6 nitrogen and oxygen atoms in total. The molecular formula is C62H48N6. The smallest absolute Gasteiger partial charge is 0.121 e. The highest BCUT2D eigenvalue weighted by atomic mass is 15.2. The van der Waals surface area contributed by atoms with Crippen molar-refractivity contribution in [3.8, 4) is 0 Å². The summed E-state index contributed by atoms with van der Waals surface area (Å²) >= 11 is 0. The number of nitrogens with one attached hydrogen (secondary N) is 5. The van der Waals surface area contributed by atoms with Crippen LogP contribution >= 0.6 is 0 Å². The third kappa shape index (κ3) is 7.32. The van der Waals surface area contributed by atoms with Crippen molar-refractivity contribution >= 4 is 62.2 Å². The van der Waals surface area contributed by atoms with E-state index in [0.717, 1.165) is 50.5 Å². The number of rotatable bonds is 7. The molecule has 0 saturated heterocycles. The maximum Gasteiger partial charge on any atom is 0.121 e. The number of hydrogen-bond donors (Lipinski definition) is 5.